The van der Waals surface area contributed by atoms with Crippen molar-refractivity contribution in [1.82, 2.24) is 0 Å². The Labute approximate surface area is 104 Å². The third-order valence-corrected chi connectivity index (χ3v) is 2.67. The lowest BCUT2D eigenvalue weighted by Crippen LogP contribution is -2.24. The second kappa shape index (κ2) is 5.00. The maximum atomic E-state index is 11.2. The monoisotopic (exact) mass is 248 g/mol. The van der Waals surface area contributed by atoms with Gasteiger partial charge in [0.05, 0.1) is 12.8 Å². The zero-order valence-corrected chi connectivity index (χ0v) is 9.84. The second-order valence-corrected chi connectivity index (χ2v) is 4.11. The van der Waals surface area contributed by atoms with Gasteiger partial charge in [-0.25, -0.2) is 0 Å². The van der Waals surface area contributed by atoms with Gasteiger partial charge in [0, 0.05) is 12.8 Å². The van der Waals surface area contributed by atoms with Gasteiger partial charge in [0.15, 0.2) is 0 Å². The summed E-state index contributed by atoms with van der Waals surface area (Å²) in [5, 5.41) is 0. The quantitative estimate of drug-likeness (QED) is 0.451. The summed E-state index contributed by atoms with van der Waals surface area (Å²) in [6.45, 7) is 1.32. The van der Waals surface area contributed by atoms with Crippen molar-refractivity contribution in [3.63, 3.8) is 0 Å². The normalized spacial score (nSPS) is 16.3. The maximum Gasteiger partial charge on any atom is 0.314 e. The molecule has 1 aliphatic rings. The zero-order valence-electron chi connectivity index (χ0n) is 9.84. The molecule has 1 aromatic rings. The largest absolute Gasteiger partial charge is 0.427 e. The summed E-state index contributed by atoms with van der Waals surface area (Å²) in [6.07, 6.45) is 0.386. The third kappa shape index (κ3) is 2.94. The number of hydrogen-bond donors (Lipinski definition) is 0. The smallest absolute Gasteiger partial charge is 0.314 e. The molecule has 94 valence electrons. The molecular weight excluding hydrogens is 236 g/mol. The summed E-state index contributed by atoms with van der Waals surface area (Å²) in [4.78, 5) is 33.1. The number of hydrogen-bond acceptors (Lipinski definition) is 5. The molecule has 0 bridgehead atoms. The van der Waals surface area contributed by atoms with Gasteiger partial charge in [0.2, 0.25) is 0 Å². The molecule has 0 aliphatic carbocycles. The number of benzene rings is 1. The highest BCUT2D eigenvalue weighted by atomic mass is 16.6. The first kappa shape index (κ1) is 12.3. The molecule has 0 atom stereocenters. The van der Waals surface area contributed by atoms with Crippen molar-refractivity contribution in [2.24, 2.45) is 0 Å². The van der Waals surface area contributed by atoms with Crippen LogP contribution in [0.15, 0.2) is 24.3 Å². The highest BCUT2D eigenvalue weighted by Gasteiger charge is 2.28. The predicted molar refractivity (Wildman–Crippen MR) is 60.8 cm³/mol. The minimum Gasteiger partial charge on any atom is -0.427 e. The molecule has 0 unspecified atom stereocenters. The Hall–Kier alpha value is -2.17. The summed E-state index contributed by atoms with van der Waals surface area (Å²) < 4.78 is 9.37. The topological polar surface area (TPSA) is 69.7 Å². The van der Waals surface area contributed by atoms with Crippen molar-refractivity contribution in [1.29, 1.82) is 0 Å². The molecule has 5 heteroatoms. The predicted octanol–water partition coefficient (Wildman–Crippen LogP) is 1.56. The minimum absolute atomic E-state index is 0.162. The van der Waals surface area contributed by atoms with E-state index in [1.54, 1.807) is 24.3 Å². The number of ether oxygens (including phenoxy) is 2. The van der Waals surface area contributed by atoms with Gasteiger partial charge in [0.25, 0.3) is 0 Å². The van der Waals surface area contributed by atoms with Crippen LogP contribution in [0, 0.1) is 0 Å². The Morgan fingerprint density at radius 2 is 1.72 bits per heavy atom. The van der Waals surface area contributed by atoms with Gasteiger partial charge in [-0.15, -0.1) is 0 Å². The van der Waals surface area contributed by atoms with Gasteiger partial charge in [-0.3, -0.25) is 14.4 Å². The van der Waals surface area contributed by atoms with Crippen molar-refractivity contribution >= 4 is 17.9 Å². The molecule has 0 amide bonds. The Morgan fingerprint density at radius 3 is 2.22 bits per heavy atom. The lowest BCUT2D eigenvalue weighted by atomic mass is 9.91. The molecule has 2 rings (SSSR count). The summed E-state index contributed by atoms with van der Waals surface area (Å²) in [7, 11) is 0. The number of esters is 3. The number of carbonyl (C=O) groups excluding carboxylic acids is 3. The first-order valence-electron chi connectivity index (χ1n) is 5.56. The van der Waals surface area contributed by atoms with Crippen molar-refractivity contribution in [3.05, 3.63) is 29.8 Å². The second-order valence-electron chi connectivity index (χ2n) is 4.11. The van der Waals surface area contributed by atoms with Crippen LogP contribution in [0.3, 0.4) is 0 Å². The van der Waals surface area contributed by atoms with Crippen molar-refractivity contribution < 1.29 is 23.9 Å². The fourth-order valence-corrected chi connectivity index (χ4v) is 1.89. The van der Waals surface area contributed by atoms with Gasteiger partial charge in [-0.1, -0.05) is 12.1 Å². The molecule has 0 aromatic heterocycles. The van der Waals surface area contributed by atoms with Crippen LogP contribution in [-0.4, -0.2) is 17.9 Å². The summed E-state index contributed by atoms with van der Waals surface area (Å²) in [6, 6.07) is 6.77. The lowest BCUT2D eigenvalue weighted by Gasteiger charge is -2.20. The van der Waals surface area contributed by atoms with Crippen LogP contribution in [0.5, 0.6) is 5.75 Å². The van der Waals surface area contributed by atoms with E-state index in [9.17, 15) is 14.4 Å². The van der Waals surface area contributed by atoms with Crippen LogP contribution in [-0.2, 0) is 19.1 Å². The molecule has 0 radical (unpaired) electrons. The molecule has 0 N–H and O–H groups in total. The molecule has 1 aliphatic heterocycles. The Balaban J connectivity index is 2.11. The van der Waals surface area contributed by atoms with E-state index in [0.717, 1.165) is 5.56 Å². The molecule has 1 aromatic carbocycles. The van der Waals surface area contributed by atoms with Crippen LogP contribution in [0.2, 0.25) is 0 Å². The van der Waals surface area contributed by atoms with Gasteiger partial charge in [-0.05, 0) is 17.7 Å². The summed E-state index contributed by atoms with van der Waals surface area (Å²) in [5.74, 6) is -1.11. The lowest BCUT2D eigenvalue weighted by molar-refractivity contribution is -0.164. The summed E-state index contributed by atoms with van der Waals surface area (Å²) in [5.41, 5.74) is 0.857. The van der Waals surface area contributed by atoms with Crippen LogP contribution in [0.25, 0.3) is 0 Å². The average Bonchev–Trinajstić information content (AvgIpc) is 2.27. The SMILES string of the molecule is CC(=O)Oc1ccc(C2CC(=O)OC(=O)C2)cc1. The average molecular weight is 248 g/mol. The molecule has 0 spiro atoms. The molecule has 0 saturated carbocycles. The van der Waals surface area contributed by atoms with E-state index in [1.165, 1.54) is 6.92 Å². The Kier molecular flexibility index (Phi) is 3.41. The van der Waals surface area contributed by atoms with Crippen LogP contribution < -0.4 is 4.74 Å². The first-order chi connectivity index (χ1) is 8.54. The van der Waals surface area contributed by atoms with Crippen LogP contribution in [0.1, 0.15) is 31.2 Å². The van der Waals surface area contributed by atoms with Crippen LogP contribution >= 0.6 is 0 Å². The third-order valence-electron chi connectivity index (χ3n) is 2.67. The zero-order chi connectivity index (χ0) is 13.1. The standard InChI is InChI=1S/C13H12O5/c1-8(14)17-11-4-2-9(3-5-11)10-6-12(15)18-13(16)7-10/h2-5,10H,6-7H2,1H3. The Morgan fingerprint density at radius 1 is 1.17 bits per heavy atom. The van der Waals surface area contributed by atoms with E-state index in [4.69, 9.17) is 4.74 Å². The number of rotatable bonds is 2. The number of carbonyl (C=O) groups is 3. The highest BCUT2D eigenvalue weighted by molar-refractivity contribution is 5.89. The van der Waals surface area contributed by atoms with Gasteiger partial charge in [-0.2, -0.15) is 0 Å². The number of cyclic esters (lactones) is 2. The molecule has 5 nitrogen and oxygen atoms in total. The molecular formula is C13H12O5. The molecule has 1 heterocycles. The molecule has 18 heavy (non-hydrogen) atoms. The van der Waals surface area contributed by atoms with Gasteiger partial charge in [0.1, 0.15) is 5.75 Å². The van der Waals surface area contributed by atoms with Crippen molar-refractivity contribution in [2.75, 3.05) is 0 Å². The fourth-order valence-electron chi connectivity index (χ4n) is 1.89. The van der Waals surface area contributed by atoms with E-state index in [2.05, 4.69) is 4.74 Å². The van der Waals surface area contributed by atoms with Crippen LogP contribution in [0.4, 0.5) is 0 Å². The molecule has 1 fully saturated rings. The van der Waals surface area contributed by atoms with E-state index in [1.807, 2.05) is 0 Å². The summed E-state index contributed by atoms with van der Waals surface area (Å²) >= 11 is 0. The molecule has 1 saturated heterocycles. The minimum atomic E-state index is -0.500. The first-order valence-corrected chi connectivity index (χ1v) is 5.56. The van der Waals surface area contributed by atoms with Crippen molar-refractivity contribution in [2.45, 2.75) is 25.7 Å². The van der Waals surface area contributed by atoms with Gasteiger partial charge >= 0.3 is 17.9 Å². The van der Waals surface area contributed by atoms with Crippen molar-refractivity contribution in [3.8, 4) is 5.75 Å². The van der Waals surface area contributed by atoms with E-state index >= 15 is 0 Å². The van der Waals surface area contributed by atoms with E-state index < -0.39 is 11.9 Å². The maximum absolute atomic E-state index is 11.2. The fraction of sp³-hybridized carbons (Fsp3) is 0.308. The highest BCUT2D eigenvalue weighted by Crippen LogP contribution is 2.29. The van der Waals surface area contributed by atoms with E-state index in [-0.39, 0.29) is 24.7 Å². The Bertz CT molecular complexity index is 473. The van der Waals surface area contributed by atoms with Gasteiger partial charge < -0.3 is 9.47 Å². The van der Waals surface area contributed by atoms with E-state index in [0.29, 0.717) is 5.75 Å².